The first kappa shape index (κ1) is 10.9. The van der Waals surface area contributed by atoms with Gasteiger partial charge in [0, 0.05) is 6.20 Å². The predicted octanol–water partition coefficient (Wildman–Crippen LogP) is 3.38. The van der Waals surface area contributed by atoms with Crippen molar-refractivity contribution in [2.75, 3.05) is 0 Å². The zero-order chi connectivity index (χ0) is 12.7. The Labute approximate surface area is 104 Å². The molecule has 2 heterocycles. The molecule has 3 nitrogen and oxygen atoms in total. The van der Waals surface area contributed by atoms with Crippen LogP contribution in [0.15, 0.2) is 30.5 Å². The molecule has 3 rings (SSSR count). The minimum absolute atomic E-state index is 0.272. The lowest BCUT2D eigenvalue weighted by molar-refractivity contribution is 0.629. The van der Waals surface area contributed by atoms with Gasteiger partial charge in [-0.15, -0.1) is 0 Å². The van der Waals surface area contributed by atoms with Crippen molar-refractivity contribution in [3.63, 3.8) is 0 Å². The molecule has 0 aliphatic carbocycles. The molecule has 0 spiro atoms. The van der Waals surface area contributed by atoms with Gasteiger partial charge in [0.25, 0.3) is 0 Å². The number of hydrogen-bond donors (Lipinski definition) is 1. The Hall–Kier alpha value is -2.23. The largest absolute Gasteiger partial charge is 0.336 e. The third kappa shape index (κ3) is 1.66. The maximum atomic E-state index is 13.9. The fourth-order valence-corrected chi connectivity index (χ4v) is 1.98. The first-order chi connectivity index (χ1) is 8.65. The van der Waals surface area contributed by atoms with Crippen molar-refractivity contribution in [2.24, 2.45) is 0 Å². The van der Waals surface area contributed by atoms with Gasteiger partial charge in [0.2, 0.25) is 0 Å². The Balaban J connectivity index is 2.23. The minimum atomic E-state index is -0.272. The Bertz CT molecular complexity index is 731. The molecule has 1 aromatic carbocycles. The lowest BCUT2D eigenvalue weighted by Gasteiger charge is -2.00. The van der Waals surface area contributed by atoms with E-state index in [1.165, 1.54) is 6.07 Å². The second-order valence-electron chi connectivity index (χ2n) is 4.40. The van der Waals surface area contributed by atoms with Gasteiger partial charge in [-0.05, 0) is 43.2 Å². The number of imidazole rings is 1. The Morgan fingerprint density at radius 3 is 2.72 bits per heavy atom. The van der Waals surface area contributed by atoms with Gasteiger partial charge in [-0.3, -0.25) is 0 Å². The van der Waals surface area contributed by atoms with E-state index in [2.05, 4.69) is 15.0 Å². The molecule has 3 aromatic rings. The number of aryl methyl sites for hydroxylation is 2. The normalized spacial score (nSPS) is 11.1. The van der Waals surface area contributed by atoms with Gasteiger partial charge >= 0.3 is 0 Å². The van der Waals surface area contributed by atoms with Gasteiger partial charge in [0.05, 0.1) is 11.1 Å². The van der Waals surface area contributed by atoms with Crippen molar-refractivity contribution >= 4 is 11.2 Å². The Morgan fingerprint density at radius 2 is 2.00 bits per heavy atom. The molecule has 1 N–H and O–H groups in total. The number of nitrogens with one attached hydrogen (secondary N) is 1. The maximum absolute atomic E-state index is 13.9. The monoisotopic (exact) mass is 241 g/mol. The molecule has 0 unspecified atom stereocenters. The van der Waals surface area contributed by atoms with Crippen LogP contribution in [0, 0.1) is 19.7 Å². The van der Waals surface area contributed by atoms with Crippen LogP contribution in [0.2, 0.25) is 0 Å². The highest BCUT2D eigenvalue weighted by Crippen LogP contribution is 2.24. The van der Waals surface area contributed by atoms with Crippen molar-refractivity contribution in [2.45, 2.75) is 13.8 Å². The van der Waals surface area contributed by atoms with Crippen LogP contribution >= 0.6 is 0 Å². The van der Waals surface area contributed by atoms with Crippen molar-refractivity contribution < 1.29 is 4.39 Å². The number of fused-ring (bicyclic) bond motifs is 1. The second kappa shape index (κ2) is 3.91. The highest BCUT2D eigenvalue weighted by atomic mass is 19.1. The molecule has 0 saturated heterocycles. The number of nitrogens with zero attached hydrogens (tertiary/aromatic N) is 2. The van der Waals surface area contributed by atoms with Crippen LogP contribution in [0.4, 0.5) is 4.39 Å². The number of aromatic nitrogens is 3. The van der Waals surface area contributed by atoms with Gasteiger partial charge in [0.1, 0.15) is 11.6 Å². The summed E-state index contributed by atoms with van der Waals surface area (Å²) >= 11 is 0. The summed E-state index contributed by atoms with van der Waals surface area (Å²) in [6.07, 6.45) is 1.70. The predicted molar refractivity (Wildman–Crippen MR) is 68.8 cm³/mol. The molecule has 0 atom stereocenters. The zero-order valence-corrected chi connectivity index (χ0v) is 10.2. The van der Waals surface area contributed by atoms with E-state index in [1.54, 1.807) is 12.3 Å². The summed E-state index contributed by atoms with van der Waals surface area (Å²) in [6, 6.07) is 7.00. The molecular formula is C14H12FN3. The molecule has 2 aromatic heterocycles. The molecule has 90 valence electrons. The second-order valence-corrected chi connectivity index (χ2v) is 4.40. The third-order valence-electron chi connectivity index (χ3n) is 2.98. The number of pyridine rings is 1. The molecule has 4 heteroatoms. The highest BCUT2D eigenvalue weighted by Gasteiger charge is 2.11. The highest BCUT2D eigenvalue weighted by molar-refractivity contribution is 5.78. The zero-order valence-electron chi connectivity index (χ0n) is 10.2. The Kier molecular flexibility index (Phi) is 2.37. The summed E-state index contributed by atoms with van der Waals surface area (Å²) in [5, 5.41) is 0. The summed E-state index contributed by atoms with van der Waals surface area (Å²) in [6.45, 7) is 3.83. The molecule has 0 aliphatic heterocycles. The SMILES string of the molecule is Cc1ccc(-c2nc3nccc(C)c3[nH]2)c(F)c1. The summed E-state index contributed by atoms with van der Waals surface area (Å²) in [5.74, 6) is 0.246. The number of rotatable bonds is 1. The molecule has 18 heavy (non-hydrogen) atoms. The van der Waals surface area contributed by atoms with Gasteiger partial charge in [-0.2, -0.15) is 0 Å². The third-order valence-corrected chi connectivity index (χ3v) is 2.98. The van der Waals surface area contributed by atoms with E-state index in [0.29, 0.717) is 17.0 Å². The van der Waals surface area contributed by atoms with Crippen LogP contribution < -0.4 is 0 Å². The average molecular weight is 241 g/mol. The first-order valence-corrected chi connectivity index (χ1v) is 5.73. The molecule has 0 amide bonds. The van der Waals surface area contributed by atoms with E-state index >= 15 is 0 Å². The van der Waals surface area contributed by atoms with Crippen LogP contribution in [0.1, 0.15) is 11.1 Å². The summed E-state index contributed by atoms with van der Waals surface area (Å²) in [7, 11) is 0. The quantitative estimate of drug-likeness (QED) is 0.709. The molecule has 0 saturated carbocycles. The van der Waals surface area contributed by atoms with Gasteiger partial charge in [-0.1, -0.05) is 6.07 Å². The number of benzene rings is 1. The van der Waals surface area contributed by atoms with Crippen LogP contribution in [-0.2, 0) is 0 Å². The number of aromatic amines is 1. The Morgan fingerprint density at radius 1 is 1.17 bits per heavy atom. The van der Waals surface area contributed by atoms with Crippen molar-refractivity contribution in [3.05, 3.63) is 47.4 Å². The molecular weight excluding hydrogens is 229 g/mol. The number of halogens is 1. The van der Waals surface area contributed by atoms with Crippen molar-refractivity contribution in [1.29, 1.82) is 0 Å². The van der Waals surface area contributed by atoms with E-state index in [1.807, 2.05) is 26.0 Å². The van der Waals surface area contributed by atoms with Gasteiger partial charge in [0.15, 0.2) is 5.65 Å². The fourth-order valence-electron chi connectivity index (χ4n) is 1.98. The molecule has 0 aliphatic rings. The summed E-state index contributed by atoms with van der Waals surface area (Å²) in [4.78, 5) is 11.6. The maximum Gasteiger partial charge on any atom is 0.178 e. The number of hydrogen-bond acceptors (Lipinski definition) is 2. The lowest BCUT2D eigenvalue weighted by Crippen LogP contribution is -1.87. The minimum Gasteiger partial charge on any atom is -0.336 e. The molecule has 0 radical (unpaired) electrons. The van der Waals surface area contributed by atoms with E-state index in [9.17, 15) is 4.39 Å². The summed E-state index contributed by atoms with van der Waals surface area (Å²) < 4.78 is 13.9. The molecule has 0 bridgehead atoms. The van der Waals surface area contributed by atoms with E-state index in [0.717, 1.165) is 16.6 Å². The van der Waals surface area contributed by atoms with Crippen LogP contribution in [0.25, 0.3) is 22.6 Å². The van der Waals surface area contributed by atoms with Crippen LogP contribution in [0.5, 0.6) is 0 Å². The van der Waals surface area contributed by atoms with Gasteiger partial charge in [-0.25, -0.2) is 14.4 Å². The van der Waals surface area contributed by atoms with Gasteiger partial charge < -0.3 is 4.98 Å². The summed E-state index contributed by atoms with van der Waals surface area (Å²) in [5.41, 5.74) is 3.88. The van der Waals surface area contributed by atoms with E-state index < -0.39 is 0 Å². The van der Waals surface area contributed by atoms with Crippen LogP contribution in [-0.4, -0.2) is 15.0 Å². The smallest absolute Gasteiger partial charge is 0.178 e. The van der Waals surface area contributed by atoms with Crippen molar-refractivity contribution in [1.82, 2.24) is 15.0 Å². The standard InChI is InChI=1S/C14H12FN3/c1-8-3-4-10(11(15)7-8)13-17-12-9(2)5-6-16-14(12)18-13/h3-7H,1-2H3,(H,16,17,18). The average Bonchev–Trinajstić information content (AvgIpc) is 2.74. The lowest BCUT2D eigenvalue weighted by atomic mass is 10.1. The number of H-pyrrole nitrogens is 1. The topological polar surface area (TPSA) is 41.6 Å². The van der Waals surface area contributed by atoms with Crippen LogP contribution in [0.3, 0.4) is 0 Å². The van der Waals surface area contributed by atoms with E-state index in [-0.39, 0.29) is 5.82 Å². The fraction of sp³-hybridized carbons (Fsp3) is 0.143. The first-order valence-electron chi connectivity index (χ1n) is 5.73. The van der Waals surface area contributed by atoms with E-state index in [4.69, 9.17) is 0 Å². The van der Waals surface area contributed by atoms with Crippen molar-refractivity contribution in [3.8, 4) is 11.4 Å². The molecule has 0 fully saturated rings.